The molecule has 1 aromatic rings. The van der Waals surface area contributed by atoms with E-state index in [1.54, 1.807) is 6.07 Å². The molecule has 20 heavy (non-hydrogen) atoms. The molecule has 0 amide bonds. The van der Waals surface area contributed by atoms with Crippen LogP contribution in [0.15, 0.2) is 12.1 Å². The fraction of sp³-hybridized carbons (Fsp3) is 0.625. The first-order valence-electron chi connectivity index (χ1n) is 7.03. The first-order valence-corrected chi connectivity index (χ1v) is 7.03. The first kappa shape index (κ1) is 13.8. The van der Waals surface area contributed by atoms with Crippen molar-refractivity contribution in [3.63, 3.8) is 0 Å². The van der Waals surface area contributed by atoms with Crippen LogP contribution in [-0.2, 0) is 10.2 Å². The van der Waals surface area contributed by atoms with Gasteiger partial charge in [0, 0.05) is 5.41 Å². The van der Waals surface area contributed by atoms with Crippen molar-refractivity contribution >= 4 is 0 Å². The molecule has 0 bridgehead atoms. The summed E-state index contributed by atoms with van der Waals surface area (Å²) in [5, 5.41) is 0. The average Bonchev–Trinajstić information content (AvgIpc) is 2.24. The Bertz CT molecular complexity index is 522. The standard InChI is InChI=1S/C16H20F2O2/c1-15(2,3)10-4-12(17)14(18)13(5-10)20-11-6-16(7-11)8-19-9-16/h4-5,11H,6-9H2,1-3H3. The van der Waals surface area contributed by atoms with E-state index in [9.17, 15) is 8.78 Å². The molecule has 0 atom stereocenters. The molecule has 0 unspecified atom stereocenters. The number of benzene rings is 1. The Kier molecular flexibility index (Phi) is 3.05. The molecule has 1 saturated carbocycles. The number of hydrogen-bond donors (Lipinski definition) is 0. The van der Waals surface area contributed by atoms with Crippen molar-refractivity contribution in [3.8, 4) is 5.75 Å². The lowest BCUT2D eigenvalue weighted by Crippen LogP contribution is -2.56. The second-order valence-corrected chi connectivity index (χ2v) is 7.16. The van der Waals surface area contributed by atoms with Crippen molar-refractivity contribution in [1.29, 1.82) is 0 Å². The zero-order valence-corrected chi connectivity index (χ0v) is 12.1. The molecule has 1 aliphatic heterocycles. The Morgan fingerprint density at radius 3 is 2.35 bits per heavy atom. The van der Waals surface area contributed by atoms with Gasteiger partial charge in [-0.05, 0) is 36.0 Å². The molecule has 1 heterocycles. The van der Waals surface area contributed by atoms with Gasteiger partial charge in [0.15, 0.2) is 11.6 Å². The van der Waals surface area contributed by atoms with E-state index < -0.39 is 11.6 Å². The van der Waals surface area contributed by atoms with Gasteiger partial charge in [-0.2, -0.15) is 4.39 Å². The topological polar surface area (TPSA) is 18.5 Å². The SMILES string of the molecule is CC(C)(C)c1cc(F)c(F)c(OC2CC3(COC3)C2)c1. The third-order valence-electron chi connectivity index (χ3n) is 4.29. The molecule has 0 aromatic heterocycles. The third-order valence-corrected chi connectivity index (χ3v) is 4.29. The molecule has 2 fully saturated rings. The largest absolute Gasteiger partial charge is 0.487 e. The maximum Gasteiger partial charge on any atom is 0.200 e. The summed E-state index contributed by atoms with van der Waals surface area (Å²) < 4.78 is 38.4. The maximum absolute atomic E-state index is 13.9. The second kappa shape index (κ2) is 4.42. The van der Waals surface area contributed by atoms with Gasteiger partial charge in [-0.25, -0.2) is 4.39 Å². The van der Waals surface area contributed by atoms with Gasteiger partial charge >= 0.3 is 0 Å². The normalized spacial score (nSPS) is 21.4. The highest BCUT2D eigenvalue weighted by Crippen LogP contribution is 2.48. The van der Waals surface area contributed by atoms with E-state index in [2.05, 4.69) is 0 Å². The van der Waals surface area contributed by atoms with E-state index in [1.807, 2.05) is 20.8 Å². The fourth-order valence-electron chi connectivity index (χ4n) is 2.88. The Morgan fingerprint density at radius 1 is 1.20 bits per heavy atom. The van der Waals surface area contributed by atoms with Crippen molar-refractivity contribution in [2.75, 3.05) is 13.2 Å². The average molecular weight is 282 g/mol. The Hall–Kier alpha value is -1.16. The predicted molar refractivity (Wildman–Crippen MR) is 72.0 cm³/mol. The van der Waals surface area contributed by atoms with Crippen LogP contribution in [-0.4, -0.2) is 19.3 Å². The number of ether oxygens (including phenoxy) is 2. The molecule has 3 rings (SSSR count). The van der Waals surface area contributed by atoms with E-state index in [4.69, 9.17) is 9.47 Å². The molecule has 2 nitrogen and oxygen atoms in total. The molecule has 1 aliphatic carbocycles. The Balaban J connectivity index is 1.77. The van der Waals surface area contributed by atoms with Crippen LogP contribution in [0.25, 0.3) is 0 Å². The van der Waals surface area contributed by atoms with E-state index in [1.165, 1.54) is 6.07 Å². The van der Waals surface area contributed by atoms with Crippen LogP contribution in [0.5, 0.6) is 5.75 Å². The summed E-state index contributed by atoms with van der Waals surface area (Å²) in [6.45, 7) is 7.44. The Labute approximate surface area is 118 Å². The van der Waals surface area contributed by atoms with Gasteiger partial charge in [-0.1, -0.05) is 20.8 Å². The highest BCUT2D eigenvalue weighted by atomic mass is 19.2. The monoisotopic (exact) mass is 282 g/mol. The molecule has 1 spiro atoms. The van der Waals surface area contributed by atoms with E-state index in [0.29, 0.717) is 0 Å². The van der Waals surface area contributed by atoms with Crippen LogP contribution in [0.1, 0.15) is 39.2 Å². The summed E-state index contributed by atoms with van der Waals surface area (Å²) in [7, 11) is 0. The van der Waals surface area contributed by atoms with Crippen molar-refractivity contribution in [1.82, 2.24) is 0 Å². The summed E-state index contributed by atoms with van der Waals surface area (Å²) in [6.07, 6.45) is 1.71. The summed E-state index contributed by atoms with van der Waals surface area (Å²) in [5.41, 5.74) is 0.754. The van der Waals surface area contributed by atoms with Crippen LogP contribution in [0.2, 0.25) is 0 Å². The van der Waals surface area contributed by atoms with Gasteiger partial charge < -0.3 is 9.47 Å². The minimum Gasteiger partial charge on any atom is -0.487 e. The van der Waals surface area contributed by atoms with Crippen LogP contribution < -0.4 is 4.74 Å². The molecule has 0 radical (unpaired) electrons. The lowest BCUT2D eigenvalue weighted by atomic mass is 9.65. The fourth-order valence-corrected chi connectivity index (χ4v) is 2.88. The predicted octanol–water partition coefficient (Wildman–Crippen LogP) is 3.82. The van der Waals surface area contributed by atoms with E-state index in [0.717, 1.165) is 31.6 Å². The Morgan fingerprint density at radius 2 is 1.85 bits per heavy atom. The molecule has 4 heteroatoms. The molecule has 1 aromatic carbocycles. The lowest BCUT2D eigenvalue weighted by Gasteiger charge is -2.52. The summed E-state index contributed by atoms with van der Waals surface area (Å²) in [4.78, 5) is 0. The molecular weight excluding hydrogens is 262 g/mol. The second-order valence-electron chi connectivity index (χ2n) is 7.16. The number of halogens is 2. The minimum absolute atomic E-state index is 0.0250. The highest BCUT2D eigenvalue weighted by molar-refractivity contribution is 5.35. The summed E-state index contributed by atoms with van der Waals surface area (Å²) in [5.74, 6) is -1.69. The smallest absolute Gasteiger partial charge is 0.200 e. The van der Waals surface area contributed by atoms with Crippen LogP contribution in [0.4, 0.5) is 8.78 Å². The van der Waals surface area contributed by atoms with Gasteiger partial charge in [-0.3, -0.25) is 0 Å². The number of hydrogen-bond acceptors (Lipinski definition) is 2. The maximum atomic E-state index is 13.9. The van der Waals surface area contributed by atoms with E-state index >= 15 is 0 Å². The zero-order valence-electron chi connectivity index (χ0n) is 12.1. The molecule has 0 N–H and O–H groups in total. The summed E-state index contributed by atoms with van der Waals surface area (Å²) in [6, 6.07) is 2.88. The molecule has 2 aliphatic rings. The van der Waals surface area contributed by atoms with Crippen molar-refractivity contribution in [2.45, 2.75) is 45.1 Å². The van der Waals surface area contributed by atoms with Crippen LogP contribution >= 0.6 is 0 Å². The highest BCUT2D eigenvalue weighted by Gasteiger charge is 2.51. The van der Waals surface area contributed by atoms with Gasteiger partial charge in [-0.15, -0.1) is 0 Å². The zero-order chi connectivity index (χ0) is 14.5. The van der Waals surface area contributed by atoms with Crippen LogP contribution in [0.3, 0.4) is 0 Å². The summed E-state index contributed by atoms with van der Waals surface area (Å²) >= 11 is 0. The van der Waals surface area contributed by atoms with Crippen LogP contribution in [0, 0.1) is 17.0 Å². The molecule has 110 valence electrons. The van der Waals surface area contributed by atoms with E-state index in [-0.39, 0.29) is 22.7 Å². The number of rotatable bonds is 2. The molecular formula is C16H20F2O2. The van der Waals surface area contributed by atoms with Crippen molar-refractivity contribution < 1.29 is 18.3 Å². The third kappa shape index (κ3) is 2.30. The van der Waals surface area contributed by atoms with Crippen molar-refractivity contribution in [2.24, 2.45) is 5.41 Å². The van der Waals surface area contributed by atoms with Crippen molar-refractivity contribution in [3.05, 3.63) is 29.3 Å². The first-order chi connectivity index (χ1) is 9.29. The van der Waals surface area contributed by atoms with Gasteiger partial charge in [0.1, 0.15) is 6.10 Å². The van der Waals surface area contributed by atoms with Gasteiger partial charge in [0.05, 0.1) is 13.2 Å². The lowest BCUT2D eigenvalue weighted by molar-refractivity contribution is -0.191. The quantitative estimate of drug-likeness (QED) is 0.821. The van der Waals surface area contributed by atoms with Gasteiger partial charge in [0.2, 0.25) is 5.82 Å². The minimum atomic E-state index is -0.885. The molecule has 1 saturated heterocycles. The van der Waals surface area contributed by atoms with Gasteiger partial charge in [0.25, 0.3) is 0 Å².